The van der Waals surface area contributed by atoms with Crippen LogP contribution in [0.2, 0.25) is 0 Å². The Balaban J connectivity index is 2.09. The van der Waals surface area contributed by atoms with Crippen molar-refractivity contribution in [3.63, 3.8) is 0 Å². The number of sulfonamides is 1. The van der Waals surface area contributed by atoms with Gasteiger partial charge in [-0.1, -0.05) is 18.2 Å². The van der Waals surface area contributed by atoms with Crippen LogP contribution in [0.5, 0.6) is 0 Å². The van der Waals surface area contributed by atoms with E-state index in [0.29, 0.717) is 11.4 Å². The Labute approximate surface area is 112 Å². The first-order valence-electron chi connectivity index (χ1n) is 5.57. The molecule has 0 aromatic heterocycles. The maximum Gasteiger partial charge on any atom is 0.229 e. The molecule has 2 rings (SSSR count). The molecule has 0 aliphatic heterocycles. The summed E-state index contributed by atoms with van der Waals surface area (Å²) in [6, 6.07) is 16.0. The topological polar surface area (TPSA) is 70.9 Å². The minimum Gasteiger partial charge on any atom is -0.284 e. The molecule has 5 nitrogen and oxygen atoms in total. The van der Waals surface area contributed by atoms with E-state index >= 15 is 0 Å². The highest BCUT2D eigenvalue weighted by Crippen LogP contribution is 2.20. The molecule has 0 saturated carbocycles. The first kappa shape index (κ1) is 13.2. The van der Waals surface area contributed by atoms with Gasteiger partial charge in [0.05, 0.1) is 17.6 Å². The van der Waals surface area contributed by atoms with E-state index in [9.17, 15) is 8.42 Å². The van der Waals surface area contributed by atoms with Gasteiger partial charge in [0.15, 0.2) is 0 Å². The third-order valence-corrected chi connectivity index (χ3v) is 2.81. The highest BCUT2D eigenvalue weighted by Gasteiger charge is 2.00. The lowest BCUT2D eigenvalue weighted by Crippen LogP contribution is -2.09. The van der Waals surface area contributed by atoms with Crippen molar-refractivity contribution in [3.05, 3.63) is 54.6 Å². The number of rotatable bonds is 4. The van der Waals surface area contributed by atoms with Crippen LogP contribution in [0.15, 0.2) is 64.8 Å². The molecule has 0 unspecified atom stereocenters. The third-order valence-electron chi connectivity index (χ3n) is 2.21. The van der Waals surface area contributed by atoms with Crippen LogP contribution in [0.25, 0.3) is 0 Å². The van der Waals surface area contributed by atoms with Crippen LogP contribution in [0.3, 0.4) is 0 Å². The van der Waals surface area contributed by atoms with Gasteiger partial charge < -0.3 is 0 Å². The van der Waals surface area contributed by atoms with Crippen molar-refractivity contribution in [3.8, 4) is 0 Å². The summed E-state index contributed by atoms with van der Waals surface area (Å²) in [7, 11) is -3.25. The highest BCUT2D eigenvalue weighted by molar-refractivity contribution is 7.92. The first-order chi connectivity index (χ1) is 9.03. The average Bonchev–Trinajstić information content (AvgIpc) is 2.37. The Morgan fingerprint density at radius 3 is 1.89 bits per heavy atom. The molecule has 2 aromatic carbocycles. The molecule has 0 amide bonds. The SMILES string of the molecule is CS(=O)(=O)Nc1ccc(N=Nc2ccccc2)cc1. The van der Waals surface area contributed by atoms with Crippen LogP contribution < -0.4 is 4.72 Å². The lowest BCUT2D eigenvalue weighted by molar-refractivity contribution is 0.607. The van der Waals surface area contributed by atoms with Crippen molar-refractivity contribution in [2.24, 2.45) is 10.2 Å². The van der Waals surface area contributed by atoms with Crippen LogP contribution in [-0.2, 0) is 10.0 Å². The molecule has 19 heavy (non-hydrogen) atoms. The minimum atomic E-state index is -3.25. The maximum atomic E-state index is 11.0. The van der Waals surface area contributed by atoms with Gasteiger partial charge in [-0.05, 0) is 36.4 Å². The van der Waals surface area contributed by atoms with E-state index in [-0.39, 0.29) is 0 Å². The number of hydrogen-bond acceptors (Lipinski definition) is 4. The molecule has 98 valence electrons. The summed E-state index contributed by atoms with van der Waals surface area (Å²) in [5, 5.41) is 8.13. The summed E-state index contributed by atoms with van der Waals surface area (Å²) >= 11 is 0. The molecule has 2 aromatic rings. The zero-order chi connectivity index (χ0) is 13.7. The van der Waals surface area contributed by atoms with Crippen molar-refractivity contribution in [1.29, 1.82) is 0 Å². The Morgan fingerprint density at radius 2 is 1.37 bits per heavy atom. The molecule has 1 N–H and O–H groups in total. The van der Waals surface area contributed by atoms with Crippen molar-refractivity contribution < 1.29 is 8.42 Å². The minimum absolute atomic E-state index is 0.501. The highest BCUT2D eigenvalue weighted by atomic mass is 32.2. The lowest BCUT2D eigenvalue weighted by Gasteiger charge is -2.02. The van der Waals surface area contributed by atoms with E-state index in [4.69, 9.17) is 0 Å². The van der Waals surface area contributed by atoms with E-state index in [2.05, 4.69) is 15.0 Å². The molecular weight excluding hydrogens is 262 g/mol. The second-order valence-electron chi connectivity index (χ2n) is 3.96. The predicted octanol–water partition coefficient (Wildman–Crippen LogP) is 3.47. The van der Waals surface area contributed by atoms with Gasteiger partial charge >= 0.3 is 0 Å². The second-order valence-corrected chi connectivity index (χ2v) is 5.71. The summed E-state index contributed by atoms with van der Waals surface area (Å²) < 4.78 is 24.5. The van der Waals surface area contributed by atoms with E-state index in [1.54, 1.807) is 24.3 Å². The Bertz CT molecular complexity index is 665. The molecule has 0 spiro atoms. The number of azo groups is 1. The summed E-state index contributed by atoms with van der Waals surface area (Å²) in [6.07, 6.45) is 1.11. The predicted molar refractivity (Wildman–Crippen MR) is 75.5 cm³/mol. The first-order valence-corrected chi connectivity index (χ1v) is 7.47. The molecule has 6 heteroatoms. The van der Waals surface area contributed by atoms with Gasteiger partial charge in [-0.2, -0.15) is 10.2 Å². The molecule has 0 heterocycles. The van der Waals surface area contributed by atoms with Crippen molar-refractivity contribution in [1.82, 2.24) is 0 Å². The number of benzene rings is 2. The van der Waals surface area contributed by atoms with Gasteiger partial charge in [-0.25, -0.2) is 8.42 Å². The van der Waals surface area contributed by atoms with Gasteiger partial charge in [-0.3, -0.25) is 4.72 Å². The summed E-state index contributed by atoms with van der Waals surface area (Å²) in [5.74, 6) is 0. The van der Waals surface area contributed by atoms with Crippen LogP contribution in [0.1, 0.15) is 0 Å². The number of nitrogens with one attached hydrogen (secondary N) is 1. The van der Waals surface area contributed by atoms with Crippen molar-refractivity contribution in [2.45, 2.75) is 0 Å². The monoisotopic (exact) mass is 275 g/mol. The summed E-state index contributed by atoms with van der Waals surface area (Å²) in [6.45, 7) is 0. The molecule has 0 atom stereocenters. The van der Waals surface area contributed by atoms with E-state index in [1.807, 2.05) is 30.3 Å². The van der Waals surface area contributed by atoms with Gasteiger partial charge in [0.2, 0.25) is 10.0 Å². The van der Waals surface area contributed by atoms with Gasteiger partial charge in [-0.15, -0.1) is 0 Å². The average molecular weight is 275 g/mol. The Kier molecular flexibility index (Phi) is 3.91. The molecule has 0 radical (unpaired) electrons. The quantitative estimate of drug-likeness (QED) is 0.868. The van der Waals surface area contributed by atoms with E-state index < -0.39 is 10.0 Å². The lowest BCUT2D eigenvalue weighted by atomic mass is 10.3. The molecule has 0 aliphatic carbocycles. The van der Waals surface area contributed by atoms with Crippen molar-refractivity contribution in [2.75, 3.05) is 11.0 Å². The van der Waals surface area contributed by atoms with Gasteiger partial charge in [0, 0.05) is 5.69 Å². The van der Waals surface area contributed by atoms with Crippen LogP contribution in [0.4, 0.5) is 17.1 Å². The normalized spacial score (nSPS) is 11.6. The second kappa shape index (κ2) is 5.62. The van der Waals surface area contributed by atoms with Crippen LogP contribution >= 0.6 is 0 Å². The molecule has 0 bridgehead atoms. The Morgan fingerprint density at radius 1 is 0.842 bits per heavy atom. The maximum absolute atomic E-state index is 11.0. The fourth-order valence-corrected chi connectivity index (χ4v) is 1.98. The smallest absolute Gasteiger partial charge is 0.229 e. The number of hydrogen-bond donors (Lipinski definition) is 1. The molecule has 0 aliphatic rings. The third kappa shape index (κ3) is 4.51. The molecular formula is C13H13N3O2S. The van der Waals surface area contributed by atoms with Crippen LogP contribution in [-0.4, -0.2) is 14.7 Å². The summed E-state index contributed by atoms with van der Waals surface area (Å²) in [5.41, 5.74) is 1.92. The van der Waals surface area contributed by atoms with Gasteiger partial charge in [0.1, 0.15) is 0 Å². The molecule has 0 saturated heterocycles. The number of anilines is 1. The molecule has 0 fully saturated rings. The standard InChI is InChI=1S/C13H13N3O2S/c1-19(17,18)16-13-9-7-12(8-10-13)15-14-11-5-3-2-4-6-11/h2-10,16H,1H3. The van der Waals surface area contributed by atoms with Crippen LogP contribution in [0, 0.1) is 0 Å². The Hall–Kier alpha value is -2.21. The van der Waals surface area contributed by atoms with Gasteiger partial charge in [0.25, 0.3) is 0 Å². The zero-order valence-corrected chi connectivity index (χ0v) is 11.1. The van der Waals surface area contributed by atoms with E-state index in [0.717, 1.165) is 11.9 Å². The summed E-state index contributed by atoms with van der Waals surface area (Å²) in [4.78, 5) is 0. The fourth-order valence-electron chi connectivity index (χ4n) is 1.42. The van der Waals surface area contributed by atoms with E-state index in [1.165, 1.54) is 0 Å². The fraction of sp³-hybridized carbons (Fsp3) is 0.0769. The number of nitrogens with zero attached hydrogens (tertiary/aromatic N) is 2. The largest absolute Gasteiger partial charge is 0.284 e. The van der Waals surface area contributed by atoms with Crippen molar-refractivity contribution >= 4 is 27.1 Å². The zero-order valence-electron chi connectivity index (χ0n) is 10.3.